The zero-order valence-corrected chi connectivity index (χ0v) is 9.76. The monoisotopic (exact) mass is 253 g/mol. The van der Waals surface area contributed by atoms with Gasteiger partial charge in [-0.15, -0.1) is 0 Å². The molecule has 4 nitrogen and oxygen atoms in total. The van der Waals surface area contributed by atoms with Gasteiger partial charge in [-0.25, -0.2) is 4.79 Å². The van der Waals surface area contributed by atoms with Crippen LogP contribution >= 0.6 is 0 Å². The van der Waals surface area contributed by atoms with Gasteiger partial charge < -0.3 is 16.0 Å². The number of amides is 2. The maximum Gasteiger partial charge on any atom is 0.401 e. The Morgan fingerprint density at radius 1 is 1.47 bits per heavy atom. The van der Waals surface area contributed by atoms with Crippen molar-refractivity contribution in [3.8, 4) is 0 Å². The quantitative estimate of drug-likeness (QED) is 0.797. The summed E-state index contributed by atoms with van der Waals surface area (Å²) in [7, 11) is 0. The van der Waals surface area contributed by atoms with Gasteiger partial charge in [-0.3, -0.25) is 0 Å². The van der Waals surface area contributed by atoms with Crippen molar-refractivity contribution in [2.24, 2.45) is 11.7 Å². The summed E-state index contributed by atoms with van der Waals surface area (Å²) in [6.07, 6.45) is -2.75. The van der Waals surface area contributed by atoms with Crippen LogP contribution in [0.1, 0.15) is 19.8 Å². The van der Waals surface area contributed by atoms with E-state index in [0.717, 1.165) is 6.42 Å². The molecule has 1 aliphatic rings. The molecule has 0 radical (unpaired) electrons. The minimum Gasteiger partial charge on any atom is -0.351 e. The Balaban J connectivity index is 2.51. The van der Waals surface area contributed by atoms with E-state index in [9.17, 15) is 18.0 Å². The van der Waals surface area contributed by atoms with E-state index >= 15 is 0 Å². The van der Waals surface area contributed by atoms with Crippen molar-refractivity contribution in [2.75, 3.05) is 19.6 Å². The van der Waals surface area contributed by atoms with Gasteiger partial charge in [-0.1, -0.05) is 13.3 Å². The van der Waals surface area contributed by atoms with E-state index in [1.165, 1.54) is 4.90 Å². The lowest BCUT2D eigenvalue weighted by molar-refractivity contribution is -0.127. The molecule has 0 aromatic heterocycles. The molecule has 0 aromatic rings. The van der Waals surface area contributed by atoms with Crippen LogP contribution in [0.2, 0.25) is 0 Å². The average Bonchev–Trinajstić information content (AvgIpc) is 2.25. The van der Waals surface area contributed by atoms with Crippen LogP contribution in [0, 0.1) is 5.92 Å². The van der Waals surface area contributed by atoms with Gasteiger partial charge in [0, 0.05) is 19.1 Å². The number of likely N-dealkylation sites (tertiary alicyclic amines) is 1. The number of carbonyl (C=O) groups excluding carboxylic acids is 1. The Hall–Kier alpha value is -0.980. The van der Waals surface area contributed by atoms with Crippen molar-refractivity contribution in [3.63, 3.8) is 0 Å². The minimum absolute atomic E-state index is 0.210. The van der Waals surface area contributed by atoms with Crippen molar-refractivity contribution in [1.82, 2.24) is 10.2 Å². The third kappa shape index (κ3) is 4.80. The molecular weight excluding hydrogens is 235 g/mol. The Kier molecular flexibility index (Phi) is 4.62. The zero-order chi connectivity index (χ0) is 13.1. The summed E-state index contributed by atoms with van der Waals surface area (Å²) < 4.78 is 36.2. The second kappa shape index (κ2) is 5.57. The molecule has 1 heterocycles. The fourth-order valence-corrected chi connectivity index (χ4v) is 2.09. The second-order valence-corrected chi connectivity index (χ2v) is 4.45. The fraction of sp³-hybridized carbons (Fsp3) is 0.900. The lowest BCUT2D eigenvalue weighted by Crippen LogP contribution is -2.54. The summed E-state index contributed by atoms with van der Waals surface area (Å²) >= 11 is 0. The Bertz CT molecular complexity index is 270. The highest BCUT2D eigenvalue weighted by atomic mass is 19.4. The first-order chi connectivity index (χ1) is 7.81. The SMILES string of the molecule is CCC1CC(NCC(F)(F)F)CN(C(N)=O)C1. The first-order valence-corrected chi connectivity index (χ1v) is 5.66. The molecule has 7 heteroatoms. The van der Waals surface area contributed by atoms with Gasteiger partial charge in [0.2, 0.25) is 0 Å². The summed E-state index contributed by atoms with van der Waals surface area (Å²) in [5, 5.41) is 2.44. The van der Waals surface area contributed by atoms with Gasteiger partial charge in [0.25, 0.3) is 0 Å². The smallest absolute Gasteiger partial charge is 0.351 e. The lowest BCUT2D eigenvalue weighted by Gasteiger charge is -2.37. The number of carbonyl (C=O) groups is 1. The zero-order valence-electron chi connectivity index (χ0n) is 9.76. The Labute approximate surface area is 98.3 Å². The molecule has 0 saturated carbocycles. The van der Waals surface area contributed by atoms with E-state index in [4.69, 9.17) is 5.73 Å². The molecule has 0 aromatic carbocycles. The second-order valence-electron chi connectivity index (χ2n) is 4.45. The number of urea groups is 1. The molecule has 1 aliphatic heterocycles. The van der Waals surface area contributed by atoms with Crippen LogP contribution in [0.25, 0.3) is 0 Å². The lowest BCUT2D eigenvalue weighted by atomic mass is 9.92. The summed E-state index contributed by atoms with van der Waals surface area (Å²) in [6, 6.07) is -0.898. The topological polar surface area (TPSA) is 58.4 Å². The molecule has 2 atom stereocenters. The average molecular weight is 253 g/mol. The third-order valence-electron chi connectivity index (χ3n) is 3.02. The number of rotatable bonds is 3. The van der Waals surface area contributed by atoms with Crippen LogP contribution in [-0.4, -0.2) is 42.8 Å². The van der Waals surface area contributed by atoms with E-state index in [-0.39, 0.29) is 18.5 Å². The third-order valence-corrected chi connectivity index (χ3v) is 3.02. The summed E-state index contributed by atoms with van der Waals surface area (Å²) in [5.41, 5.74) is 5.17. The fourth-order valence-electron chi connectivity index (χ4n) is 2.09. The molecule has 1 fully saturated rings. The maximum absolute atomic E-state index is 12.1. The standard InChI is InChI=1S/C10H18F3N3O/c1-2-7-3-8(15-6-10(11,12)13)5-16(4-7)9(14)17/h7-8,15H,2-6H2,1H3,(H2,14,17). The number of nitrogens with zero attached hydrogens (tertiary/aromatic N) is 1. The molecule has 2 amide bonds. The van der Waals surface area contributed by atoms with Crippen molar-refractivity contribution in [1.29, 1.82) is 0 Å². The minimum atomic E-state index is -4.23. The highest BCUT2D eigenvalue weighted by molar-refractivity contribution is 5.72. The number of primary amides is 1. The van der Waals surface area contributed by atoms with Crippen molar-refractivity contribution in [2.45, 2.75) is 32.0 Å². The predicted octanol–water partition coefficient (Wildman–Crippen LogP) is 1.32. The van der Waals surface area contributed by atoms with E-state index < -0.39 is 18.8 Å². The molecule has 2 unspecified atom stereocenters. The van der Waals surface area contributed by atoms with Gasteiger partial charge in [0.15, 0.2) is 0 Å². The molecule has 1 saturated heterocycles. The van der Waals surface area contributed by atoms with E-state index in [0.29, 0.717) is 13.0 Å². The number of alkyl halides is 3. The molecule has 3 N–H and O–H groups in total. The van der Waals surface area contributed by atoms with Gasteiger partial charge >= 0.3 is 12.2 Å². The first kappa shape index (κ1) is 14.1. The molecule has 0 spiro atoms. The number of nitrogens with two attached hydrogens (primary N) is 1. The first-order valence-electron chi connectivity index (χ1n) is 5.66. The number of piperidine rings is 1. The number of nitrogens with one attached hydrogen (secondary N) is 1. The maximum atomic E-state index is 12.1. The number of hydrogen-bond donors (Lipinski definition) is 2. The predicted molar refractivity (Wildman–Crippen MR) is 57.4 cm³/mol. The molecule has 0 aliphatic carbocycles. The van der Waals surface area contributed by atoms with Crippen LogP contribution in [-0.2, 0) is 0 Å². The highest BCUT2D eigenvalue weighted by Crippen LogP contribution is 2.21. The number of halogens is 3. The van der Waals surface area contributed by atoms with Crippen LogP contribution < -0.4 is 11.1 Å². The van der Waals surface area contributed by atoms with Gasteiger partial charge in [0.1, 0.15) is 0 Å². The highest BCUT2D eigenvalue weighted by Gasteiger charge is 2.32. The molecule has 1 rings (SSSR count). The van der Waals surface area contributed by atoms with Gasteiger partial charge in [-0.05, 0) is 12.3 Å². The van der Waals surface area contributed by atoms with Crippen LogP contribution in [0.15, 0.2) is 0 Å². The normalized spacial score (nSPS) is 26.0. The largest absolute Gasteiger partial charge is 0.401 e. The van der Waals surface area contributed by atoms with Crippen LogP contribution in [0.5, 0.6) is 0 Å². The molecule has 17 heavy (non-hydrogen) atoms. The van der Waals surface area contributed by atoms with Crippen LogP contribution in [0.4, 0.5) is 18.0 Å². The van der Waals surface area contributed by atoms with E-state index in [1.807, 2.05) is 6.92 Å². The van der Waals surface area contributed by atoms with Gasteiger partial charge in [-0.2, -0.15) is 13.2 Å². The van der Waals surface area contributed by atoms with E-state index in [2.05, 4.69) is 5.32 Å². The molecular formula is C10H18F3N3O. The van der Waals surface area contributed by atoms with Crippen molar-refractivity contribution in [3.05, 3.63) is 0 Å². The van der Waals surface area contributed by atoms with E-state index in [1.54, 1.807) is 0 Å². The summed E-state index contributed by atoms with van der Waals surface area (Å²) in [4.78, 5) is 12.5. The molecule has 0 bridgehead atoms. The Morgan fingerprint density at radius 2 is 2.12 bits per heavy atom. The van der Waals surface area contributed by atoms with Crippen LogP contribution in [0.3, 0.4) is 0 Å². The Morgan fingerprint density at radius 3 is 2.59 bits per heavy atom. The summed E-state index contributed by atoms with van der Waals surface area (Å²) in [6.45, 7) is 1.72. The summed E-state index contributed by atoms with van der Waals surface area (Å²) in [5.74, 6) is 0.210. The molecule has 100 valence electrons. The number of hydrogen-bond acceptors (Lipinski definition) is 2. The van der Waals surface area contributed by atoms with Gasteiger partial charge in [0.05, 0.1) is 6.54 Å². The van der Waals surface area contributed by atoms with Crippen molar-refractivity contribution >= 4 is 6.03 Å². The van der Waals surface area contributed by atoms with Crippen molar-refractivity contribution < 1.29 is 18.0 Å².